The summed E-state index contributed by atoms with van der Waals surface area (Å²) < 4.78 is 23.7. The van der Waals surface area contributed by atoms with Crippen molar-refractivity contribution in [2.75, 3.05) is 11.9 Å². The monoisotopic (exact) mass is 552 g/mol. The minimum Gasteiger partial charge on any atom is -0.463 e. The fourth-order valence-electron chi connectivity index (χ4n) is 4.28. The van der Waals surface area contributed by atoms with Gasteiger partial charge in [0.25, 0.3) is 5.56 Å². The molecule has 2 aromatic heterocycles. The molecule has 1 aromatic carbocycles. The molecule has 0 radical (unpaired) electrons. The second-order valence-electron chi connectivity index (χ2n) is 8.97. The van der Waals surface area contributed by atoms with Gasteiger partial charge in [-0.25, -0.2) is 4.79 Å². The third-order valence-electron chi connectivity index (χ3n) is 5.91. The summed E-state index contributed by atoms with van der Waals surface area (Å²) >= 11 is 0. The van der Waals surface area contributed by atoms with E-state index in [-0.39, 0.29) is 13.2 Å². The summed E-state index contributed by atoms with van der Waals surface area (Å²) in [5.41, 5.74) is 0.589. The van der Waals surface area contributed by atoms with E-state index in [1.54, 1.807) is 18.3 Å². The Morgan fingerprint density at radius 1 is 0.925 bits per heavy atom. The predicted molar refractivity (Wildman–Crippen MR) is 140 cm³/mol. The van der Waals surface area contributed by atoms with Crippen molar-refractivity contribution in [1.29, 1.82) is 0 Å². The molecule has 0 amide bonds. The zero-order valence-electron chi connectivity index (χ0n) is 22.0. The Bertz CT molecular complexity index is 1500. The van der Waals surface area contributed by atoms with Crippen LogP contribution in [-0.2, 0) is 39.9 Å². The van der Waals surface area contributed by atoms with Crippen LogP contribution < -0.4 is 16.6 Å². The van der Waals surface area contributed by atoms with Gasteiger partial charge in [0, 0.05) is 50.6 Å². The number of carbonyl (C=O) groups is 3. The molecular weight excluding hydrogens is 524 g/mol. The fraction of sp³-hybridized carbons (Fsp3) is 0.333. The number of esters is 3. The number of hydrogen-bond donors (Lipinski definition) is 1. The maximum Gasteiger partial charge on any atom is 0.333 e. The lowest BCUT2D eigenvalue weighted by molar-refractivity contribution is -0.166. The molecule has 13 nitrogen and oxygen atoms in total. The number of nitrogens with one attached hydrogen (secondary N) is 1. The number of anilines is 2. The zero-order chi connectivity index (χ0) is 28.8. The molecule has 210 valence electrons. The molecule has 4 atom stereocenters. The molecule has 13 heteroatoms. The highest BCUT2D eigenvalue weighted by molar-refractivity contribution is 5.68. The number of rotatable bonds is 9. The molecule has 0 bridgehead atoms. The van der Waals surface area contributed by atoms with Gasteiger partial charge in [0.1, 0.15) is 12.7 Å². The van der Waals surface area contributed by atoms with Crippen molar-refractivity contribution in [3.05, 3.63) is 87.5 Å². The number of pyridine rings is 1. The largest absolute Gasteiger partial charge is 0.463 e. The Kier molecular flexibility index (Phi) is 8.74. The molecule has 0 aliphatic carbocycles. The van der Waals surface area contributed by atoms with Crippen molar-refractivity contribution in [2.45, 2.75) is 51.9 Å². The van der Waals surface area contributed by atoms with Crippen LogP contribution in [0.25, 0.3) is 0 Å². The lowest BCUT2D eigenvalue weighted by Crippen LogP contribution is -2.45. The highest BCUT2D eigenvalue weighted by atomic mass is 16.7. The molecule has 0 unspecified atom stereocenters. The minimum absolute atomic E-state index is 0.169. The number of benzene rings is 1. The molecule has 0 saturated carbocycles. The molecule has 0 spiro atoms. The van der Waals surface area contributed by atoms with Gasteiger partial charge in [-0.3, -0.25) is 33.3 Å². The van der Waals surface area contributed by atoms with Crippen LogP contribution in [0.5, 0.6) is 0 Å². The third kappa shape index (κ3) is 6.80. The van der Waals surface area contributed by atoms with Crippen LogP contribution in [0.3, 0.4) is 0 Å². The molecule has 40 heavy (non-hydrogen) atoms. The number of nitrogens with zero attached hydrogens (tertiary/aromatic N) is 3. The number of para-hydroxylation sites is 1. The molecular formula is C27H28N4O9. The van der Waals surface area contributed by atoms with E-state index in [4.69, 9.17) is 18.9 Å². The van der Waals surface area contributed by atoms with E-state index in [9.17, 15) is 24.0 Å². The van der Waals surface area contributed by atoms with Gasteiger partial charge in [-0.1, -0.05) is 18.2 Å². The lowest BCUT2D eigenvalue weighted by Gasteiger charge is -2.24. The van der Waals surface area contributed by atoms with Gasteiger partial charge < -0.3 is 24.3 Å². The van der Waals surface area contributed by atoms with Crippen molar-refractivity contribution < 1.29 is 33.3 Å². The van der Waals surface area contributed by atoms with Gasteiger partial charge in [-0.05, 0) is 24.3 Å². The average molecular weight is 553 g/mol. The molecule has 1 aliphatic heterocycles. The normalized spacial score (nSPS) is 20.0. The van der Waals surface area contributed by atoms with Crippen LogP contribution in [-0.4, -0.2) is 56.9 Å². The van der Waals surface area contributed by atoms with E-state index in [1.165, 1.54) is 13.1 Å². The first-order valence-electron chi connectivity index (χ1n) is 12.3. The van der Waals surface area contributed by atoms with E-state index in [0.717, 1.165) is 34.7 Å². The number of aromatic nitrogens is 3. The highest BCUT2D eigenvalue weighted by Gasteiger charge is 2.51. The van der Waals surface area contributed by atoms with E-state index < -0.39 is 53.7 Å². The summed E-state index contributed by atoms with van der Waals surface area (Å²) in [4.78, 5) is 65.7. The van der Waals surface area contributed by atoms with Gasteiger partial charge in [0.2, 0.25) is 0 Å². The molecule has 3 heterocycles. The van der Waals surface area contributed by atoms with Crippen molar-refractivity contribution in [2.24, 2.45) is 0 Å². The summed E-state index contributed by atoms with van der Waals surface area (Å²) in [6.07, 6.45) is -2.08. The SMILES string of the molecule is CC(=O)OC[C@H]1O[C@@H](n2ccc(=O)n(Cc3cc(Nc4ccccc4)ccn3)c2=O)[C@H](OC(C)=O)[C@@H]1OC(C)=O. The fourth-order valence-corrected chi connectivity index (χ4v) is 4.28. The van der Waals surface area contributed by atoms with Crippen LogP contribution in [0.15, 0.2) is 70.5 Å². The Hall–Kier alpha value is -4.78. The Morgan fingerprint density at radius 2 is 1.62 bits per heavy atom. The summed E-state index contributed by atoms with van der Waals surface area (Å²) in [6, 6.07) is 14.0. The molecule has 1 aliphatic rings. The second kappa shape index (κ2) is 12.4. The first-order chi connectivity index (χ1) is 19.1. The summed E-state index contributed by atoms with van der Waals surface area (Å²) in [5, 5.41) is 3.23. The van der Waals surface area contributed by atoms with Gasteiger partial charge in [-0.2, -0.15) is 0 Å². The van der Waals surface area contributed by atoms with Crippen molar-refractivity contribution in [3.63, 3.8) is 0 Å². The highest BCUT2D eigenvalue weighted by Crippen LogP contribution is 2.33. The van der Waals surface area contributed by atoms with Crippen molar-refractivity contribution in [1.82, 2.24) is 14.1 Å². The van der Waals surface area contributed by atoms with E-state index in [1.807, 2.05) is 30.3 Å². The molecule has 1 fully saturated rings. The van der Waals surface area contributed by atoms with Crippen molar-refractivity contribution in [3.8, 4) is 0 Å². The van der Waals surface area contributed by atoms with Crippen LogP contribution in [0.1, 0.15) is 32.7 Å². The second-order valence-corrected chi connectivity index (χ2v) is 8.97. The van der Waals surface area contributed by atoms with Crippen molar-refractivity contribution >= 4 is 29.3 Å². The average Bonchev–Trinajstić information content (AvgIpc) is 3.21. The van der Waals surface area contributed by atoms with E-state index >= 15 is 0 Å². The van der Waals surface area contributed by atoms with E-state index in [0.29, 0.717) is 11.4 Å². The quantitative estimate of drug-likeness (QED) is 0.303. The summed E-state index contributed by atoms with van der Waals surface area (Å²) in [7, 11) is 0. The number of carbonyl (C=O) groups excluding carboxylic acids is 3. The van der Waals surface area contributed by atoms with Gasteiger partial charge >= 0.3 is 23.6 Å². The molecule has 1 N–H and O–H groups in total. The van der Waals surface area contributed by atoms with Crippen LogP contribution in [0.2, 0.25) is 0 Å². The molecule has 4 rings (SSSR count). The molecule has 1 saturated heterocycles. The first kappa shape index (κ1) is 28.2. The maximum atomic E-state index is 13.6. The summed E-state index contributed by atoms with van der Waals surface area (Å²) in [6.45, 7) is 2.99. The Morgan fingerprint density at radius 3 is 2.30 bits per heavy atom. The Balaban J connectivity index is 1.66. The predicted octanol–water partition coefficient (Wildman–Crippen LogP) is 1.52. The van der Waals surface area contributed by atoms with Crippen LogP contribution in [0.4, 0.5) is 11.4 Å². The van der Waals surface area contributed by atoms with Crippen LogP contribution >= 0.6 is 0 Å². The summed E-state index contributed by atoms with van der Waals surface area (Å²) in [5.74, 6) is -2.04. The third-order valence-corrected chi connectivity index (χ3v) is 5.91. The zero-order valence-corrected chi connectivity index (χ0v) is 22.0. The molecule has 3 aromatic rings. The van der Waals surface area contributed by atoms with Gasteiger partial charge in [0.05, 0.1) is 12.2 Å². The standard InChI is InChI=1S/C27H28N4O9/c1-16(32)37-15-22-24(38-17(2)33)25(39-18(3)34)26(40-22)30-12-10-23(35)31(27(30)36)14-21-13-20(9-11-28-21)29-19-7-5-4-6-8-19/h4-13,22,24-26H,14-15H2,1-3H3,(H,28,29)/t22-,24-,25-,26-/m1/s1. The number of hydrogen-bond acceptors (Lipinski definition) is 11. The Labute approximate surface area is 228 Å². The lowest BCUT2D eigenvalue weighted by atomic mass is 10.1. The van der Waals surface area contributed by atoms with E-state index in [2.05, 4.69) is 10.3 Å². The van der Waals surface area contributed by atoms with Gasteiger partial charge in [-0.15, -0.1) is 0 Å². The first-order valence-corrected chi connectivity index (χ1v) is 12.3. The number of ether oxygens (including phenoxy) is 4. The van der Waals surface area contributed by atoms with Crippen LogP contribution in [0, 0.1) is 0 Å². The maximum absolute atomic E-state index is 13.6. The topological polar surface area (TPSA) is 157 Å². The minimum atomic E-state index is -1.30. The smallest absolute Gasteiger partial charge is 0.333 e. The van der Waals surface area contributed by atoms with Gasteiger partial charge in [0.15, 0.2) is 18.4 Å².